The highest BCUT2D eigenvalue weighted by Crippen LogP contribution is 2.38. The molecule has 6 heteroatoms. The lowest BCUT2D eigenvalue weighted by Crippen LogP contribution is -2.33. The van der Waals surface area contributed by atoms with Crippen LogP contribution in [0.4, 0.5) is 0 Å². The second kappa shape index (κ2) is 21.3. The van der Waals surface area contributed by atoms with Crippen molar-refractivity contribution in [1.29, 1.82) is 0 Å². The average Bonchev–Trinajstić information content (AvgIpc) is 2.71. The van der Waals surface area contributed by atoms with Crippen LogP contribution in [0.15, 0.2) is 0 Å². The third-order valence-corrected chi connectivity index (χ3v) is 18.5. The molecule has 0 aromatic rings. The highest BCUT2D eigenvalue weighted by Gasteiger charge is 2.29. The van der Waals surface area contributed by atoms with Crippen molar-refractivity contribution < 1.29 is 9.47 Å². The van der Waals surface area contributed by atoms with E-state index in [4.69, 9.17) is 9.47 Å². The number of hydrogen-bond acceptors (Lipinski definition) is 4. The predicted molar refractivity (Wildman–Crippen MR) is 139 cm³/mol. The summed E-state index contributed by atoms with van der Waals surface area (Å²) in [6, 6.07) is 5.78. The maximum Gasteiger partial charge on any atom is 0.0980 e. The van der Waals surface area contributed by atoms with Crippen LogP contribution in [0.25, 0.3) is 0 Å². The first-order chi connectivity index (χ1) is 13.7. The standard InChI is InChI=1S/C22H50O2S2Si2/c1-7-13-17-27(18-14-8-2)21(23-11-5)25-26-22(24-12-6)28(19-15-9-3)20-16-10-4/h21-22,27-28H,7-20H2,1-6H3. The first-order valence-electron chi connectivity index (χ1n) is 12.2. The summed E-state index contributed by atoms with van der Waals surface area (Å²) in [6.07, 6.45) is 10.8. The molecule has 0 aromatic carbocycles. The van der Waals surface area contributed by atoms with Crippen molar-refractivity contribution in [3.05, 3.63) is 0 Å². The van der Waals surface area contributed by atoms with Crippen molar-refractivity contribution in [3.8, 4) is 0 Å². The van der Waals surface area contributed by atoms with Crippen LogP contribution < -0.4 is 0 Å². The van der Waals surface area contributed by atoms with Crippen LogP contribution in [0.1, 0.15) is 92.9 Å². The second-order valence-electron chi connectivity index (χ2n) is 7.93. The molecule has 0 aliphatic carbocycles. The highest BCUT2D eigenvalue weighted by molar-refractivity contribution is 8.77. The molecular weight excluding hydrogens is 417 g/mol. The highest BCUT2D eigenvalue weighted by atomic mass is 33.1. The van der Waals surface area contributed by atoms with Gasteiger partial charge in [0.15, 0.2) is 0 Å². The van der Waals surface area contributed by atoms with E-state index >= 15 is 0 Å². The fourth-order valence-corrected chi connectivity index (χ4v) is 18.4. The number of unbranched alkanes of at least 4 members (excludes halogenated alkanes) is 4. The molecule has 0 spiro atoms. The van der Waals surface area contributed by atoms with E-state index in [-0.39, 0.29) is 0 Å². The molecule has 2 nitrogen and oxygen atoms in total. The molecule has 0 aliphatic heterocycles. The van der Waals surface area contributed by atoms with E-state index in [1.54, 1.807) is 0 Å². The summed E-state index contributed by atoms with van der Waals surface area (Å²) < 4.78 is 12.7. The van der Waals surface area contributed by atoms with Crippen LogP contribution in [-0.4, -0.2) is 40.9 Å². The monoisotopic (exact) mass is 466 g/mol. The Hall–Kier alpha value is 1.05. The maximum atomic E-state index is 6.33. The smallest absolute Gasteiger partial charge is 0.0980 e. The zero-order chi connectivity index (χ0) is 21.0. The minimum absolute atomic E-state index is 0.461. The first kappa shape index (κ1) is 29.1. The molecule has 2 unspecified atom stereocenters. The fraction of sp³-hybridized carbons (Fsp3) is 1.00. The Morgan fingerprint density at radius 2 is 0.821 bits per heavy atom. The Labute approximate surface area is 188 Å². The van der Waals surface area contributed by atoms with Crippen LogP contribution in [0.2, 0.25) is 24.2 Å². The largest absolute Gasteiger partial charge is 0.371 e. The van der Waals surface area contributed by atoms with E-state index in [2.05, 4.69) is 63.1 Å². The topological polar surface area (TPSA) is 18.5 Å². The van der Waals surface area contributed by atoms with Gasteiger partial charge in [-0.3, -0.25) is 0 Å². The van der Waals surface area contributed by atoms with Crippen molar-refractivity contribution in [2.75, 3.05) is 13.2 Å². The van der Waals surface area contributed by atoms with Gasteiger partial charge in [0.25, 0.3) is 0 Å². The Morgan fingerprint density at radius 1 is 0.536 bits per heavy atom. The SMILES string of the molecule is CCCC[SiH](CCCC)C(OCC)SSC(OCC)[SiH](CCCC)CCCC. The van der Waals surface area contributed by atoms with Gasteiger partial charge in [-0.2, -0.15) is 0 Å². The van der Waals surface area contributed by atoms with Crippen LogP contribution >= 0.6 is 21.6 Å². The van der Waals surface area contributed by atoms with Gasteiger partial charge in [0.1, 0.15) is 0 Å². The van der Waals surface area contributed by atoms with E-state index in [9.17, 15) is 0 Å². The lowest BCUT2D eigenvalue weighted by Gasteiger charge is -2.29. The number of rotatable bonds is 21. The van der Waals surface area contributed by atoms with Crippen molar-refractivity contribution >= 4 is 39.2 Å². The second-order valence-corrected chi connectivity index (χ2v) is 17.9. The van der Waals surface area contributed by atoms with Gasteiger partial charge in [0.05, 0.1) is 27.7 Å². The summed E-state index contributed by atoms with van der Waals surface area (Å²) >= 11 is 0. The van der Waals surface area contributed by atoms with E-state index in [1.807, 2.05) is 0 Å². The normalized spacial score (nSPS) is 14.1. The van der Waals surface area contributed by atoms with Gasteiger partial charge in [-0.05, 0) is 13.8 Å². The summed E-state index contributed by atoms with van der Waals surface area (Å²) in [7, 11) is 2.38. The molecule has 0 heterocycles. The quantitative estimate of drug-likeness (QED) is 0.0974. The van der Waals surface area contributed by atoms with E-state index in [0.717, 1.165) is 13.2 Å². The third-order valence-electron chi connectivity index (χ3n) is 5.39. The van der Waals surface area contributed by atoms with Gasteiger partial charge in [-0.15, -0.1) is 0 Å². The van der Waals surface area contributed by atoms with Crippen molar-refractivity contribution in [2.45, 2.75) is 127 Å². The van der Waals surface area contributed by atoms with Crippen LogP contribution in [0, 0.1) is 0 Å². The Morgan fingerprint density at radius 3 is 1.04 bits per heavy atom. The van der Waals surface area contributed by atoms with E-state index in [1.165, 1.54) is 75.5 Å². The molecule has 0 aliphatic rings. The molecule has 0 N–H and O–H groups in total. The molecule has 0 saturated heterocycles. The Balaban J connectivity index is 5.00. The van der Waals surface area contributed by atoms with E-state index < -0.39 is 17.6 Å². The minimum atomic E-state index is -0.877. The maximum absolute atomic E-state index is 6.33. The van der Waals surface area contributed by atoms with Gasteiger partial charge in [-0.25, -0.2) is 0 Å². The van der Waals surface area contributed by atoms with Crippen molar-refractivity contribution in [2.24, 2.45) is 0 Å². The first-order valence-corrected chi connectivity index (χ1v) is 19.1. The number of ether oxygens (including phenoxy) is 2. The van der Waals surface area contributed by atoms with E-state index in [0.29, 0.717) is 10.1 Å². The Bertz CT molecular complexity index is 279. The number of hydrogen-bond donors (Lipinski definition) is 0. The van der Waals surface area contributed by atoms with Crippen LogP contribution in [0.3, 0.4) is 0 Å². The molecule has 170 valence electrons. The predicted octanol–water partition coefficient (Wildman–Crippen LogP) is 7.83. The lowest BCUT2D eigenvalue weighted by atomic mass is 10.4. The van der Waals surface area contributed by atoms with Gasteiger partial charge in [-0.1, -0.05) is 125 Å². The molecule has 0 amide bonds. The molecule has 0 rings (SSSR count). The summed E-state index contributed by atoms with van der Waals surface area (Å²) in [6.45, 7) is 15.3. The molecule has 0 fully saturated rings. The van der Waals surface area contributed by atoms with Crippen molar-refractivity contribution in [3.63, 3.8) is 0 Å². The van der Waals surface area contributed by atoms with Gasteiger partial charge < -0.3 is 9.47 Å². The van der Waals surface area contributed by atoms with Gasteiger partial charge in [0.2, 0.25) is 0 Å². The zero-order valence-corrected chi connectivity index (χ0v) is 23.8. The Kier molecular flexibility index (Phi) is 22.1. The molecule has 2 atom stereocenters. The summed E-state index contributed by atoms with van der Waals surface area (Å²) in [5.74, 6) is 0. The van der Waals surface area contributed by atoms with Crippen LogP contribution in [-0.2, 0) is 9.47 Å². The average molecular weight is 467 g/mol. The van der Waals surface area contributed by atoms with Crippen LogP contribution in [0.5, 0.6) is 0 Å². The molecule has 0 aromatic heterocycles. The van der Waals surface area contributed by atoms with Gasteiger partial charge >= 0.3 is 0 Å². The summed E-state index contributed by atoms with van der Waals surface area (Å²) in [5, 5.41) is 0.922. The van der Waals surface area contributed by atoms with Crippen molar-refractivity contribution in [1.82, 2.24) is 0 Å². The summed E-state index contributed by atoms with van der Waals surface area (Å²) in [4.78, 5) is 0. The molecular formula is C22H50O2S2Si2. The lowest BCUT2D eigenvalue weighted by molar-refractivity contribution is 0.166. The minimum Gasteiger partial charge on any atom is -0.371 e. The zero-order valence-electron chi connectivity index (χ0n) is 19.8. The third kappa shape index (κ3) is 14.1. The molecule has 0 bridgehead atoms. The summed E-state index contributed by atoms with van der Waals surface area (Å²) in [5.41, 5.74) is 0. The molecule has 28 heavy (non-hydrogen) atoms. The molecule has 0 saturated carbocycles. The molecule has 0 radical (unpaired) electrons. The fourth-order valence-electron chi connectivity index (χ4n) is 3.62. The van der Waals surface area contributed by atoms with Gasteiger partial charge in [0, 0.05) is 13.2 Å².